The second-order valence-electron chi connectivity index (χ2n) is 1.57. The standard InChI is InChI=1S/C9H8O/c1-3-4-5-6-7-8-9(2)10/h9-10H,1-2H3. The van der Waals surface area contributed by atoms with Gasteiger partial charge < -0.3 is 5.11 Å². The Hall–Kier alpha value is -1.36. The van der Waals surface area contributed by atoms with Gasteiger partial charge in [-0.1, -0.05) is 11.8 Å². The second-order valence-corrected chi connectivity index (χ2v) is 1.57. The normalized spacial score (nSPS) is 8.70. The van der Waals surface area contributed by atoms with Gasteiger partial charge in [-0.25, -0.2) is 0 Å². The molecule has 50 valence electrons. The van der Waals surface area contributed by atoms with E-state index in [0.29, 0.717) is 0 Å². The van der Waals surface area contributed by atoms with Crippen molar-refractivity contribution in [1.29, 1.82) is 0 Å². The molecule has 0 aliphatic rings. The summed E-state index contributed by atoms with van der Waals surface area (Å²) in [6.07, 6.45) is -0.608. The first kappa shape index (κ1) is 8.64. The zero-order valence-electron chi connectivity index (χ0n) is 6.02. The van der Waals surface area contributed by atoms with E-state index in [1.807, 2.05) is 0 Å². The third kappa shape index (κ3) is 6.64. The number of hydrogen-bond acceptors (Lipinski definition) is 1. The summed E-state index contributed by atoms with van der Waals surface area (Å²) >= 11 is 0. The fraction of sp³-hybridized carbons (Fsp3) is 0.333. The zero-order chi connectivity index (χ0) is 7.82. The quantitative estimate of drug-likeness (QED) is 0.473. The number of aliphatic hydroxyl groups excluding tert-OH is 1. The van der Waals surface area contributed by atoms with Crippen molar-refractivity contribution in [3.63, 3.8) is 0 Å². The van der Waals surface area contributed by atoms with Crippen LogP contribution in [-0.4, -0.2) is 11.2 Å². The molecule has 0 aromatic heterocycles. The van der Waals surface area contributed by atoms with E-state index in [4.69, 9.17) is 5.11 Å². The Balaban J connectivity index is 3.86. The molecule has 0 rings (SSSR count). The van der Waals surface area contributed by atoms with E-state index in [1.54, 1.807) is 13.8 Å². The zero-order valence-corrected chi connectivity index (χ0v) is 6.02. The first-order valence-electron chi connectivity index (χ1n) is 2.87. The molecule has 1 heteroatoms. The van der Waals surface area contributed by atoms with Crippen LogP contribution < -0.4 is 0 Å². The molecule has 0 spiro atoms. The molecule has 10 heavy (non-hydrogen) atoms. The smallest absolute Gasteiger partial charge is 0.112 e. The molecule has 0 aromatic rings. The molecular formula is C9H8O. The first-order chi connectivity index (χ1) is 4.77. The van der Waals surface area contributed by atoms with Gasteiger partial charge in [-0.2, -0.15) is 0 Å². The molecule has 1 atom stereocenters. The van der Waals surface area contributed by atoms with Gasteiger partial charge in [0.2, 0.25) is 0 Å². The molecule has 0 saturated heterocycles. The Labute approximate surface area is 61.5 Å². The lowest BCUT2D eigenvalue weighted by atomic mass is 10.4. The van der Waals surface area contributed by atoms with Crippen LogP contribution in [-0.2, 0) is 0 Å². The minimum Gasteiger partial charge on any atom is -0.381 e. The summed E-state index contributed by atoms with van der Waals surface area (Å²) in [5.74, 6) is 15.0. The van der Waals surface area contributed by atoms with E-state index in [-0.39, 0.29) is 0 Å². The molecule has 0 heterocycles. The molecule has 0 aliphatic carbocycles. The Morgan fingerprint density at radius 2 is 1.70 bits per heavy atom. The third-order valence-electron chi connectivity index (χ3n) is 0.594. The van der Waals surface area contributed by atoms with Gasteiger partial charge in [0.15, 0.2) is 0 Å². The van der Waals surface area contributed by atoms with Crippen molar-refractivity contribution in [3.05, 3.63) is 0 Å². The van der Waals surface area contributed by atoms with Gasteiger partial charge in [-0.3, -0.25) is 0 Å². The molecule has 1 N–H and O–H groups in total. The predicted octanol–water partition coefficient (Wildman–Crippen LogP) is 0.397. The highest BCUT2D eigenvalue weighted by atomic mass is 16.3. The summed E-state index contributed by atoms with van der Waals surface area (Å²) in [5, 5.41) is 8.63. The minimum absolute atomic E-state index is 0.608. The molecule has 0 bridgehead atoms. The van der Waals surface area contributed by atoms with Crippen LogP contribution >= 0.6 is 0 Å². The molecular weight excluding hydrogens is 124 g/mol. The van der Waals surface area contributed by atoms with E-state index in [2.05, 4.69) is 35.5 Å². The molecule has 0 fully saturated rings. The molecule has 0 radical (unpaired) electrons. The van der Waals surface area contributed by atoms with E-state index in [9.17, 15) is 0 Å². The minimum atomic E-state index is -0.608. The maximum Gasteiger partial charge on any atom is 0.112 e. The first-order valence-corrected chi connectivity index (χ1v) is 2.87. The van der Waals surface area contributed by atoms with Crippen molar-refractivity contribution in [3.8, 4) is 35.5 Å². The van der Waals surface area contributed by atoms with E-state index >= 15 is 0 Å². The fourth-order valence-corrected chi connectivity index (χ4v) is 0.266. The van der Waals surface area contributed by atoms with Crippen molar-refractivity contribution in [2.75, 3.05) is 0 Å². The van der Waals surface area contributed by atoms with Crippen LogP contribution in [0.5, 0.6) is 0 Å². The molecule has 1 nitrogen and oxygen atoms in total. The summed E-state index contributed by atoms with van der Waals surface area (Å²) in [6.45, 7) is 3.29. The molecule has 0 aliphatic heterocycles. The predicted molar refractivity (Wildman–Crippen MR) is 40.7 cm³/mol. The average molecular weight is 132 g/mol. The van der Waals surface area contributed by atoms with Crippen LogP contribution in [0.3, 0.4) is 0 Å². The number of rotatable bonds is 0. The van der Waals surface area contributed by atoms with Gasteiger partial charge in [0, 0.05) is 0 Å². The van der Waals surface area contributed by atoms with Crippen LogP contribution in [0.15, 0.2) is 0 Å². The number of aliphatic hydroxyl groups is 1. The van der Waals surface area contributed by atoms with Gasteiger partial charge in [0.25, 0.3) is 0 Å². The highest BCUT2D eigenvalue weighted by Gasteiger charge is 1.78. The Kier molecular flexibility index (Phi) is 4.99. The Morgan fingerprint density at radius 1 is 1.10 bits per heavy atom. The summed E-state index contributed by atoms with van der Waals surface area (Å²) < 4.78 is 0. The van der Waals surface area contributed by atoms with Crippen LogP contribution in [0, 0.1) is 35.5 Å². The van der Waals surface area contributed by atoms with Gasteiger partial charge in [0.05, 0.1) is 0 Å². The Bertz CT molecular complexity index is 254. The fourth-order valence-electron chi connectivity index (χ4n) is 0.266. The summed E-state index contributed by atoms with van der Waals surface area (Å²) in [5.41, 5.74) is 0. The van der Waals surface area contributed by atoms with E-state index < -0.39 is 6.10 Å². The lowest BCUT2D eigenvalue weighted by Crippen LogP contribution is -1.91. The molecule has 1 unspecified atom stereocenters. The SMILES string of the molecule is CC#CC#CC#CC(C)O. The topological polar surface area (TPSA) is 20.2 Å². The Morgan fingerprint density at radius 3 is 2.20 bits per heavy atom. The molecule has 0 aromatic carbocycles. The van der Waals surface area contributed by atoms with E-state index in [0.717, 1.165) is 0 Å². The highest BCUT2D eigenvalue weighted by Crippen LogP contribution is 1.70. The van der Waals surface area contributed by atoms with Crippen LogP contribution in [0.2, 0.25) is 0 Å². The van der Waals surface area contributed by atoms with Gasteiger partial charge >= 0.3 is 0 Å². The van der Waals surface area contributed by atoms with Crippen LogP contribution in [0.4, 0.5) is 0 Å². The van der Waals surface area contributed by atoms with Crippen molar-refractivity contribution in [2.24, 2.45) is 0 Å². The number of hydrogen-bond donors (Lipinski definition) is 1. The van der Waals surface area contributed by atoms with Gasteiger partial charge in [-0.15, -0.1) is 0 Å². The summed E-state index contributed by atoms with van der Waals surface area (Å²) in [4.78, 5) is 0. The maximum atomic E-state index is 8.63. The van der Waals surface area contributed by atoms with Crippen molar-refractivity contribution >= 4 is 0 Å². The van der Waals surface area contributed by atoms with Crippen LogP contribution in [0.1, 0.15) is 13.8 Å². The van der Waals surface area contributed by atoms with Crippen molar-refractivity contribution in [2.45, 2.75) is 20.0 Å². The van der Waals surface area contributed by atoms with Crippen LogP contribution in [0.25, 0.3) is 0 Å². The van der Waals surface area contributed by atoms with Gasteiger partial charge in [0.1, 0.15) is 6.10 Å². The monoisotopic (exact) mass is 132 g/mol. The third-order valence-corrected chi connectivity index (χ3v) is 0.594. The molecule has 0 amide bonds. The van der Waals surface area contributed by atoms with Gasteiger partial charge in [-0.05, 0) is 37.5 Å². The second kappa shape index (κ2) is 5.77. The van der Waals surface area contributed by atoms with Crippen molar-refractivity contribution in [1.82, 2.24) is 0 Å². The lowest BCUT2D eigenvalue weighted by Gasteiger charge is -1.82. The highest BCUT2D eigenvalue weighted by molar-refractivity contribution is 5.35. The maximum absolute atomic E-state index is 8.63. The van der Waals surface area contributed by atoms with Crippen molar-refractivity contribution < 1.29 is 5.11 Å². The van der Waals surface area contributed by atoms with E-state index in [1.165, 1.54) is 0 Å². The summed E-state index contributed by atoms with van der Waals surface area (Å²) in [7, 11) is 0. The average Bonchev–Trinajstić information content (AvgIpc) is 1.87. The molecule has 0 saturated carbocycles. The largest absolute Gasteiger partial charge is 0.381 e. The lowest BCUT2D eigenvalue weighted by molar-refractivity contribution is 0.253. The summed E-state index contributed by atoms with van der Waals surface area (Å²) in [6, 6.07) is 0.